The molecule has 68 valence electrons. The first kappa shape index (κ1) is 8.25. The van der Waals surface area contributed by atoms with E-state index < -0.39 is 0 Å². The summed E-state index contributed by atoms with van der Waals surface area (Å²) >= 11 is 1.51. The van der Waals surface area contributed by atoms with Gasteiger partial charge >= 0.3 is 0 Å². The van der Waals surface area contributed by atoms with Crippen LogP contribution in [-0.2, 0) is 0 Å². The molecule has 0 radical (unpaired) electrons. The average Bonchev–Trinajstić information content (AvgIpc) is 2.42. The zero-order chi connectivity index (χ0) is 9.59. The smallest absolute Gasteiger partial charge is 0.280 e. The monoisotopic (exact) mass is 195 g/mol. The average molecular weight is 195 g/mol. The molecule has 0 aliphatic heterocycles. The zero-order valence-corrected chi connectivity index (χ0v) is 8.18. The molecule has 0 unspecified atom stereocenters. The summed E-state index contributed by atoms with van der Waals surface area (Å²) in [6.45, 7) is 3.66. The van der Waals surface area contributed by atoms with E-state index in [2.05, 4.69) is 4.98 Å². The lowest BCUT2D eigenvalue weighted by atomic mass is 10.4. The number of thiophene rings is 1. The predicted octanol–water partition coefficient (Wildman–Crippen LogP) is 0.789. The third-order valence-corrected chi connectivity index (χ3v) is 2.84. The highest BCUT2D eigenvalue weighted by Gasteiger charge is 2.07. The summed E-state index contributed by atoms with van der Waals surface area (Å²) in [5.41, 5.74) is -0.174. The molecule has 2 aromatic heterocycles. The van der Waals surface area contributed by atoms with Gasteiger partial charge < -0.3 is 5.84 Å². The second-order valence-electron chi connectivity index (χ2n) is 2.91. The summed E-state index contributed by atoms with van der Waals surface area (Å²) in [6.07, 6.45) is 0. The van der Waals surface area contributed by atoms with Crippen LogP contribution in [0.4, 0.5) is 0 Å². The third-order valence-electron chi connectivity index (χ3n) is 1.90. The van der Waals surface area contributed by atoms with Crippen molar-refractivity contribution in [1.29, 1.82) is 0 Å². The Kier molecular flexibility index (Phi) is 1.63. The minimum atomic E-state index is -0.174. The maximum absolute atomic E-state index is 11.6. The van der Waals surface area contributed by atoms with Crippen molar-refractivity contribution in [3.8, 4) is 0 Å². The van der Waals surface area contributed by atoms with E-state index >= 15 is 0 Å². The molecule has 0 atom stereocenters. The van der Waals surface area contributed by atoms with Crippen LogP contribution in [0.3, 0.4) is 0 Å². The second kappa shape index (κ2) is 2.56. The number of nitrogens with zero attached hydrogens (tertiary/aromatic N) is 2. The number of nitrogen functional groups attached to an aromatic ring is 1. The minimum Gasteiger partial charge on any atom is -0.335 e. The number of rotatable bonds is 0. The van der Waals surface area contributed by atoms with Crippen LogP contribution in [-0.4, -0.2) is 9.66 Å². The number of hydrogen-bond donors (Lipinski definition) is 1. The molecule has 0 spiro atoms. The first-order valence-corrected chi connectivity index (χ1v) is 4.66. The Morgan fingerprint density at radius 1 is 1.54 bits per heavy atom. The van der Waals surface area contributed by atoms with Gasteiger partial charge in [-0.05, 0) is 19.9 Å². The van der Waals surface area contributed by atoms with Crippen LogP contribution in [0.15, 0.2) is 10.9 Å². The van der Waals surface area contributed by atoms with Gasteiger partial charge in [0.05, 0.1) is 5.39 Å². The van der Waals surface area contributed by atoms with Crippen molar-refractivity contribution >= 4 is 21.6 Å². The van der Waals surface area contributed by atoms with E-state index in [9.17, 15) is 4.79 Å². The standard InChI is InChI=1S/C8H9N3OS/c1-4-3-6-7(13-4)10-5(2)11(9)8(6)12/h3H,9H2,1-2H3. The van der Waals surface area contributed by atoms with Crippen LogP contribution < -0.4 is 11.4 Å². The van der Waals surface area contributed by atoms with Crippen molar-refractivity contribution in [3.05, 3.63) is 27.1 Å². The third kappa shape index (κ3) is 1.12. The first-order valence-electron chi connectivity index (χ1n) is 3.84. The van der Waals surface area contributed by atoms with Gasteiger partial charge in [-0.1, -0.05) is 0 Å². The molecule has 0 aliphatic rings. The molecular weight excluding hydrogens is 186 g/mol. The summed E-state index contributed by atoms with van der Waals surface area (Å²) in [7, 11) is 0. The van der Waals surface area contributed by atoms with Gasteiger partial charge in [0.15, 0.2) is 0 Å². The van der Waals surface area contributed by atoms with Crippen LogP contribution in [0.25, 0.3) is 10.2 Å². The van der Waals surface area contributed by atoms with E-state index in [0.29, 0.717) is 11.2 Å². The predicted molar refractivity (Wildman–Crippen MR) is 53.5 cm³/mol. The summed E-state index contributed by atoms with van der Waals surface area (Å²) in [6, 6.07) is 1.82. The zero-order valence-electron chi connectivity index (χ0n) is 7.37. The Morgan fingerprint density at radius 3 is 2.92 bits per heavy atom. The SMILES string of the molecule is Cc1cc2c(=O)n(N)c(C)nc2s1. The molecule has 2 heterocycles. The summed E-state index contributed by atoms with van der Waals surface area (Å²) in [5, 5.41) is 0.607. The maximum Gasteiger partial charge on any atom is 0.280 e. The van der Waals surface area contributed by atoms with Gasteiger partial charge in [0.2, 0.25) is 0 Å². The van der Waals surface area contributed by atoms with Crippen LogP contribution >= 0.6 is 11.3 Å². The summed E-state index contributed by atoms with van der Waals surface area (Å²) in [5.74, 6) is 6.04. The molecule has 2 N–H and O–H groups in total. The molecule has 5 heteroatoms. The van der Waals surface area contributed by atoms with Crippen molar-refractivity contribution < 1.29 is 0 Å². The lowest BCUT2D eigenvalue weighted by molar-refractivity contribution is 0.854. The molecule has 0 amide bonds. The van der Waals surface area contributed by atoms with Gasteiger partial charge in [-0.15, -0.1) is 11.3 Å². The number of fused-ring (bicyclic) bond motifs is 1. The normalized spacial score (nSPS) is 10.9. The summed E-state index contributed by atoms with van der Waals surface area (Å²) < 4.78 is 1.08. The second-order valence-corrected chi connectivity index (χ2v) is 4.14. The quantitative estimate of drug-likeness (QED) is 0.632. The van der Waals surface area contributed by atoms with Crippen LogP contribution in [0.5, 0.6) is 0 Å². The lowest BCUT2D eigenvalue weighted by Crippen LogP contribution is -2.29. The molecule has 2 aromatic rings. The van der Waals surface area contributed by atoms with Crippen LogP contribution in [0, 0.1) is 13.8 Å². The largest absolute Gasteiger partial charge is 0.335 e. The highest BCUT2D eigenvalue weighted by Crippen LogP contribution is 2.19. The summed E-state index contributed by atoms with van der Waals surface area (Å²) in [4.78, 5) is 17.6. The van der Waals surface area contributed by atoms with Crippen molar-refractivity contribution in [3.63, 3.8) is 0 Å². The highest BCUT2D eigenvalue weighted by molar-refractivity contribution is 7.18. The van der Waals surface area contributed by atoms with Gasteiger partial charge in [0.25, 0.3) is 5.56 Å². The molecule has 0 aromatic carbocycles. The Bertz CT molecular complexity index is 526. The molecule has 0 bridgehead atoms. The van der Waals surface area contributed by atoms with Crippen molar-refractivity contribution in [2.75, 3.05) is 5.84 Å². The van der Waals surface area contributed by atoms with Gasteiger partial charge in [-0.25, -0.2) is 9.66 Å². The van der Waals surface area contributed by atoms with E-state index in [1.165, 1.54) is 11.3 Å². The Labute approximate surface area is 78.6 Å². The van der Waals surface area contributed by atoms with E-state index in [4.69, 9.17) is 5.84 Å². The fraction of sp³-hybridized carbons (Fsp3) is 0.250. The number of aromatic nitrogens is 2. The van der Waals surface area contributed by atoms with Gasteiger partial charge in [0.1, 0.15) is 10.7 Å². The van der Waals surface area contributed by atoms with Crippen LogP contribution in [0.2, 0.25) is 0 Å². The van der Waals surface area contributed by atoms with Crippen molar-refractivity contribution in [1.82, 2.24) is 9.66 Å². The molecular formula is C8H9N3OS. The molecule has 0 saturated carbocycles. The highest BCUT2D eigenvalue weighted by atomic mass is 32.1. The Morgan fingerprint density at radius 2 is 2.23 bits per heavy atom. The van der Waals surface area contributed by atoms with Crippen LogP contribution in [0.1, 0.15) is 10.7 Å². The topological polar surface area (TPSA) is 60.9 Å². The fourth-order valence-corrected chi connectivity index (χ4v) is 2.13. The van der Waals surface area contributed by atoms with Gasteiger partial charge in [0, 0.05) is 4.88 Å². The molecule has 4 nitrogen and oxygen atoms in total. The molecule has 13 heavy (non-hydrogen) atoms. The lowest BCUT2D eigenvalue weighted by Gasteiger charge is -2.00. The fourth-order valence-electron chi connectivity index (χ4n) is 1.22. The Hall–Kier alpha value is -1.36. The molecule has 0 fully saturated rings. The first-order chi connectivity index (χ1) is 6.09. The van der Waals surface area contributed by atoms with E-state index in [-0.39, 0.29) is 5.56 Å². The van der Waals surface area contributed by atoms with Crippen molar-refractivity contribution in [2.45, 2.75) is 13.8 Å². The number of nitrogens with two attached hydrogens (primary N) is 1. The number of aryl methyl sites for hydroxylation is 2. The van der Waals surface area contributed by atoms with Gasteiger partial charge in [-0.3, -0.25) is 4.79 Å². The molecule has 0 aliphatic carbocycles. The van der Waals surface area contributed by atoms with E-state index in [1.807, 2.05) is 13.0 Å². The molecule has 0 saturated heterocycles. The maximum atomic E-state index is 11.6. The van der Waals surface area contributed by atoms with E-state index in [0.717, 1.165) is 14.4 Å². The Balaban J connectivity index is 3.01. The van der Waals surface area contributed by atoms with E-state index in [1.54, 1.807) is 6.92 Å². The van der Waals surface area contributed by atoms with Crippen molar-refractivity contribution in [2.24, 2.45) is 0 Å². The van der Waals surface area contributed by atoms with Gasteiger partial charge in [-0.2, -0.15) is 0 Å². The number of hydrogen-bond acceptors (Lipinski definition) is 4. The minimum absolute atomic E-state index is 0.174. The molecule has 2 rings (SSSR count).